The molecule has 0 aliphatic heterocycles. The van der Waals surface area contributed by atoms with Gasteiger partial charge in [-0.15, -0.1) is 0 Å². The van der Waals surface area contributed by atoms with Crippen LogP contribution in [0.25, 0.3) is 0 Å². The van der Waals surface area contributed by atoms with Crippen LogP contribution in [0.1, 0.15) is 129 Å². The number of carbonyl (C=O) groups is 3. The number of esters is 2. The Morgan fingerprint density at radius 2 is 1.18 bits per heavy atom. The molecule has 0 radical (unpaired) electrons. The van der Waals surface area contributed by atoms with Crippen LogP contribution in [0.2, 0.25) is 0 Å². The lowest BCUT2D eigenvalue weighted by molar-refractivity contribution is -0.161. The molecule has 0 aromatic rings. The van der Waals surface area contributed by atoms with Gasteiger partial charge in [0.25, 0.3) is 0 Å². The minimum atomic E-state index is -4.74. The number of carbonyl (C=O) groups excluding carboxylic acids is 3. The zero-order valence-electron chi connectivity index (χ0n) is 23.6. The molecule has 0 heterocycles. The zero-order valence-corrected chi connectivity index (χ0v) is 24.5. The Hall–Kier alpha value is -1.48. The number of rotatable bonds is 26. The zero-order chi connectivity index (χ0) is 28.5. The Morgan fingerprint density at radius 1 is 0.711 bits per heavy atom. The first-order valence-electron chi connectivity index (χ1n) is 14.4. The highest BCUT2D eigenvalue weighted by molar-refractivity contribution is 7.46. The van der Waals surface area contributed by atoms with Crippen molar-refractivity contribution in [1.82, 2.24) is 5.32 Å². The van der Waals surface area contributed by atoms with E-state index in [1.807, 2.05) is 0 Å². The third-order valence-corrected chi connectivity index (χ3v) is 6.56. The first-order chi connectivity index (χ1) is 18.1. The number of hydrogen-bond acceptors (Lipinski definition) is 7. The highest BCUT2D eigenvalue weighted by Gasteiger charge is 2.22. The molecule has 11 heteroatoms. The molecule has 0 spiro atoms. The second kappa shape index (κ2) is 24.6. The van der Waals surface area contributed by atoms with Crippen LogP contribution in [-0.2, 0) is 32.9 Å². The molecule has 0 unspecified atom stereocenters. The Labute approximate surface area is 229 Å². The Kier molecular flexibility index (Phi) is 23.6. The second-order valence-electron chi connectivity index (χ2n) is 9.87. The summed E-state index contributed by atoms with van der Waals surface area (Å²) in [5, 5.41) is 2.78. The molecule has 0 rings (SSSR count). The van der Waals surface area contributed by atoms with E-state index in [1.165, 1.54) is 32.6 Å². The van der Waals surface area contributed by atoms with E-state index in [9.17, 15) is 18.9 Å². The van der Waals surface area contributed by atoms with Gasteiger partial charge < -0.3 is 24.6 Å². The minimum absolute atomic E-state index is 0.00335. The van der Waals surface area contributed by atoms with E-state index in [4.69, 9.17) is 19.3 Å². The van der Waals surface area contributed by atoms with Crippen LogP contribution in [-0.4, -0.2) is 53.5 Å². The lowest BCUT2D eigenvalue weighted by Gasteiger charge is -2.18. The van der Waals surface area contributed by atoms with Crippen molar-refractivity contribution in [3.8, 4) is 0 Å². The highest BCUT2D eigenvalue weighted by atomic mass is 31.2. The van der Waals surface area contributed by atoms with Crippen molar-refractivity contribution in [3.05, 3.63) is 0 Å². The molecule has 0 fully saturated rings. The first-order valence-corrected chi connectivity index (χ1v) is 16.0. The van der Waals surface area contributed by atoms with E-state index in [-0.39, 0.29) is 25.4 Å². The number of amides is 1. The molecule has 0 bridgehead atoms. The van der Waals surface area contributed by atoms with Gasteiger partial charge in [0, 0.05) is 26.3 Å². The third kappa shape index (κ3) is 27.6. The molecule has 0 aromatic carbocycles. The van der Waals surface area contributed by atoms with Crippen molar-refractivity contribution in [2.45, 2.75) is 136 Å². The monoisotopic (exact) mass is 565 g/mol. The van der Waals surface area contributed by atoms with Crippen LogP contribution >= 0.6 is 7.82 Å². The Morgan fingerprint density at radius 3 is 1.68 bits per heavy atom. The molecule has 3 N–H and O–H groups in total. The van der Waals surface area contributed by atoms with E-state index >= 15 is 0 Å². The van der Waals surface area contributed by atoms with Gasteiger partial charge in [-0.1, -0.05) is 90.4 Å². The predicted molar refractivity (Wildman–Crippen MR) is 146 cm³/mol. The summed E-state index contributed by atoms with van der Waals surface area (Å²) in [5.74, 6) is -0.937. The average molecular weight is 566 g/mol. The molecule has 0 saturated heterocycles. The first kappa shape index (κ1) is 36.5. The molecular weight excluding hydrogens is 513 g/mol. The molecule has 0 aliphatic rings. The van der Waals surface area contributed by atoms with E-state index < -0.39 is 32.5 Å². The van der Waals surface area contributed by atoms with Crippen LogP contribution in [0.5, 0.6) is 0 Å². The summed E-state index contributed by atoms with van der Waals surface area (Å²) in [6, 6.07) is 0. The molecule has 1 amide bonds. The van der Waals surface area contributed by atoms with Crippen molar-refractivity contribution in [3.63, 3.8) is 0 Å². The van der Waals surface area contributed by atoms with E-state index in [0.717, 1.165) is 70.8 Å². The third-order valence-electron chi connectivity index (χ3n) is 6.07. The summed E-state index contributed by atoms with van der Waals surface area (Å²) in [6.45, 7) is 3.56. The molecule has 0 saturated carbocycles. The van der Waals surface area contributed by atoms with Gasteiger partial charge in [-0.2, -0.15) is 0 Å². The van der Waals surface area contributed by atoms with Gasteiger partial charge in [-0.25, -0.2) is 4.57 Å². The number of phosphoric acid groups is 1. The van der Waals surface area contributed by atoms with Gasteiger partial charge in [-0.3, -0.25) is 18.9 Å². The fourth-order valence-corrected chi connectivity index (χ4v) is 4.28. The maximum Gasteiger partial charge on any atom is 0.469 e. The lowest BCUT2D eigenvalue weighted by atomic mass is 10.1. The fraction of sp³-hybridized carbons (Fsp3) is 0.889. The fourth-order valence-electron chi connectivity index (χ4n) is 3.92. The molecule has 0 aromatic heterocycles. The van der Waals surface area contributed by atoms with Crippen LogP contribution in [0, 0.1) is 0 Å². The van der Waals surface area contributed by atoms with Crippen molar-refractivity contribution in [2.75, 3.05) is 19.8 Å². The SMILES string of the molecule is CCCCCCCCCCC(=O)O[C@H](COC(=O)CCCCCCCCCCNC(C)=O)COP(=O)(O)O. The Bertz CT molecular complexity index is 669. The highest BCUT2D eigenvalue weighted by Crippen LogP contribution is 2.35. The van der Waals surface area contributed by atoms with Crippen molar-refractivity contribution < 1.29 is 42.7 Å². The Balaban J connectivity index is 4.03. The summed E-state index contributed by atoms with van der Waals surface area (Å²) >= 11 is 0. The van der Waals surface area contributed by atoms with Crippen LogP contribution in [0.3, 0.4) is 0 Å². The van der Waals surface area contributed by atoms with Gasteiger partial charge >= 0.3 is 19.8 Å². The number of ether oxygens (including phenoxy) is 2. The quantitative estimate of drug-likeness (QED) is 0.0679. The molecule has 1 atom stereocenters. The van der Waals surface area contributed by atoms with Gasteiger partial charge in [0.05, 0.1) is 6.61 Å². The molecule has 38 heavy (non-hydrogen) atoms. The van der Waals surface area contributed by atoms with E-state index in [0.29, 0.717) is 12.8 Å². The molecule has 0 aliphatic carbocycles. The minimum Gasteiger partial charge on any atom is -0.462 e. The summed E-state index contributed by atoms with van der Waals surface area (Å²) in [4.78, 5) is 52.9. The van der Waals surface area contributed by atoms with E-state index in [1.54, 1.807) is 0 Å². The van der Waals surface area contributed by atoms with Crippen LogP contribution in [0.4, 0.5) is 0 Å². The van der Waals surface area contributed by atoms with E-state index in [2.05, 4.69) is 16.8 Å². The summed E-state index contributed by atoms with van der Waals surface area (Å²) in [6.07, 6.45) is 16.1. The molecule has 10 nitrogen and oxygen atoms in total. The maximum atomic E-state index is 12.2. The van der Waals surface area contributed by atoms with Gasteiger partial charge in [0.1, 0.15) is 6.61 Å². The number of phosphoric ester groups is 1. The summed E-state index contributed by atoms with van der Waals surface area (Å²) in [5.41, 5.74) is 0. The van der Waals surface area contributed by atoms with Crippen LogP contribution < -0.4 is 5.32 Å². The molecular formula is C27H52NO9P. The van der Waals surface area contributed by atoms with Crippen LogP contribution in [0.15, 0.2) is 0 Å². The lowest BCUT2D eigenvalue weighted by Crippen LogP contribution is -2.29. The van der Waals surface area contributed by atoms with Gasteiger partial charge in [-0.05, 0) is 19.3 Å². The normalized spacial score (nSPS) is 12.2. The van der Waals surface area contributed by atoms with Gasteiger partial charge in [0.15, 0.2) is 6.10 Å². The maximum absolute atomic E-state index is 12.2. The largest absolute Gasteiger partial charge is 0.469 e. The number of nitrogens with one attached hydrogen (secondary N) is 1. The van der Waals surface area contributed by atoms with Crippen molar-refractivity contribution >= 4 is 25.7 Å². The number of hydrogen-bond donors (Lipinski definition) is 3. The average Bonchev–Trinajstić information content (AvgIpc) is 2.85. The second-order valence-corrected chi connectivity index (χ2v) is 11.1. The number of unbranched alkanes of at least 4 members (excludes halogenated alkanes) is 14. The standard InChI is InChI=1S/C27H52NO9P/c1-3-4-5-6-7-10-14-17-20-27(31)37-25(23-36-38(32,33)34)22-35-26(30)19-16-13-11-8-9-12-15-18-21-28-24(2)29/h25H,3-23H2,1-2H3,(H,28,29)(H2,32,33,34)/t25-/m1/s1. The van der Waals surface area contributed by atoms with Crippen molar-refractivity contribution in [1.29, 1.82) is 0 Å². The smallest absolute Gasteiger partial charge is 0.462 e. The summed E-state index contributed by atoms with van der Waals surface area (Å²) in [7, 11) is -4.74. The topological polar surface area (TPSA) is 148 Å². The predicted octanol–water partition coefficient (Wildman–Crippen LogP) is 5.73. The van der Waals surface area contributed by atoms with Crippen molar-refractivity contribution in [2.24, 2.45) is 0 Å². The molecule has 224 valence electrons. The summed E-state index contributed by atoms with van der Waals surface area (Å²) < 4.78 is 26.0. The van der Waals surface area contributed by atoms with Gasteiger partial charge in [0.2, 0.25) is 5.91 Å².